The Hall–Kier alpha value is -1.24. The fourth-order valence-corrected chi connectivity index (χ4v) is 3.51. The Kier molecular flexibility index (Phi) is 6.07. The summed E-state index contributed by atoms with van der Waals surface area (Å²) < 4.78 is 4.73. The SMILES string of the molecule is COC(=O)[C@@H](CC(C)C)NC(=O)[C@@H]1CSC(C)(C)N1C=O. The molecule has 2 amide bonds. The van der Waals surface area contributed by atoms with Gasteiger partial charge in [-0.05, 0) is 26.2 Å². The van der Waals surface area contributed by atoms with Crippen molar-refractivity contribution in [3.63, 3.8) is 0 Å². The topological polar surface area (TPSA) is 75.7 Å². The van der Waals surface area contributed by atoms with Crippen molar-refractivity contribution in [2.24, 2.45) is 5.92 Å². The minimum absolute atomic E-state index is 0.242. The number of nitrogens with one attached hydrogen (secondary N) is 1. The van der Waals surface area contributed by atoms with E-state index in [0.29, 0.717) is 18.6 Å². The molecule has 0 bridgehead atoms. The molecule has 0 aromatic rings. The zero-order chi connectivity index (χ0) is 16.2. The maximum atomic E-state index is 12.4. The van der Waals surface area contributed by atoms with Crippen molar-refractivity contribution in [1.82, 2.24) is 10.2 Å². The summed E-state index contributed by atoms with van der Waals surface area (Å²) >= 11 is 1.54. The number of methoxy groups -OCH3 is 1. The van der Waals surface area contributed by atoms with Gasteiger partial charge in [-0.2, -0.15) is 0 Å². The third kappa shape index (κ3) is 4.36. The molecule has 1 rings (SSSR count). The maximum Gasteiger partial charge on any atom is 0.328 e. The Morgan fingerprint density at radius 3 is 2.57 bits per heavy atom. The second-order valence-corrected chi connectivity index (χ2v) is 7.62. The molecule has 1 saturated heterocycles. The molecule has 0 spiro atoms. The normalized spacial score (nSPS) is 22.0. The molecule has 120 valence electrons. The highest BCUT2D eigenvalue weighted by Crippen LogP contribution is 2.37. The van der Waals surface area contributed by atoms with Crippen LogP contribution in [0.25, 0.3) is 0 Å². The monoisotopic (exact) mass is 316 g/mol. The lowest BCUT2D eigenvalue weighted by atomic mass is 10.0. The summed E-state index contributed by atoms with van der Waals surface area (Å²) in [5.74, 6) is -0.00513. The Labute approximate surface area is 130 Å². The predicted octanol–water partition coefficient (Wildman–Crippen LogP) is 1.00. The van der Waals surface area contributed by atoms with Crippen LogP contribution in [0.1, 0.15) is 34.1 Å². The molecule has 2 atom stereocenters. The Morgan fingerprint density at radius 2 is 2.10 bits per heavy atom. The van der Waals surface area contributed by atoms with Crippen LogP contribution in [0.2, 0.25) is 0 Å². The van der Waals surface area contributed by atoms with E-state index in [1.54, 1.807) is 11.8 Å². The predicted molar refractivity (Wildman–Crippen MR) is 81.6 cm³/mol. The number of carbonyl (C=O) groups excluding carboxylic acids is 3. The molecule has 0 unspecified atom stereocenters. The highest BCUT2D eigenvalue weighted by molar-refractivity contribution is 8.00. The van der Waals surface area contributed by atoms with Crippen LogP contribution in [-0.4, -0.2) is 53.0 Å². The first-order valence-electron chi connectivity index (χ1n) is 6.98. The molecule has 0 aromatic heterocycles. The first-order chi connectivity index (χ1) is 9.72. The number of thioether (sulfide) groups is 1. The van der Waals surface area contributed by atoms with E-state index in [1.807, 2.05) is 27.7 Å². The highest BCUT2D eigenvalue weighted by atomic mass is 32.2. The van der Waals surface area contributed by atoms with Gasteiger partial charge in [-0.3, -0.25) is 9.59 Å². The molecule has 7 heteroatoms. The summed E-state index contributed by atoms with van der Waals surface area (Å²) in [5, 5.41) is 2.72. The molecule has 0 radical (unpaired) electrons. The van der Waals surface area contributed by atoms with Crippen LogP contribution in [0.3, 0.4) is 0 Å². The number of hydrogen-bond donors (Lipinski definition) is 1. The molecule has 21 heavy (non-hydrogen) atoms. The second kappa shape index (κ2) is 7.15. The quantitative estimate of drug-likeness (QED) is 0.584. The fourth-order valence-electron chi connectivity index (χ4n) is 2.31. The number of carbonyl (C=O) groups is 3. The van der Waals surface area contributed by atoms with Crippen molar-refractivity contribution >= 4 is 30.0 Å². The van der Waals surface area contributed by atoms with Crippen molar-refractivity contribution < 1.29 is 19.1 Å². The first kappa shape index (κ1) is 17.8. The average Bonchev–Trinajstić information content (AvgIpc) is 2.71. The lowest BCUT2D eigenvalue weighted by Crippen LogP contribution is -2.53. The molecular weight excluding hydrogens is 292 g/mol. The molecule has 1 aliphatic heterocycles. The van der Waals surface area contributed by atoms with Crippen LogP contribution in [0.15, 0.2) is 0 Å². The summed E-state index contributed by atoms with van der Waals surface area (Å²) in [4.78, 5) is 36.4. The van der Waals surface area contributed by atoms with Gasteiger partial charge in [0.1, 0.15) is 12.1 Å². The largest absolute Gasteiger partial charge is 0.467 e. The van der Waals surface area contributed by atoms with Gasteiger partial charge in [0.25, 0.3) is 0 Å². The van der Waals surface area contributed by atoms with Crippen molar-refractivity contribution in [1.29, 1.82) is 0 Å². The van der Waals surface area contributed by atoms with Crippen molar-refractivity contribution in [3.8, 4) is 0 Å². The molecule has 1 heterocycles. The third-order valence-corrected chi connectivity index (χ3v) is 4.88. The first-order valence-corrected chi connectivity index (χ1v) is 7.97. The minimum Gasteiger partial charge on any atom is -0.467 e. The zero-order valence-electron chi connectivity index (χ0n) is 13.2. The Morgan fingerprint density at radius 1 is 1.48 bits per heavy atom. The van der Waals surface area contributed by atoms with Gasteiger partial charge < -0.3 is 15.0 Å². The van der Waals surface area contributed by atoms with Crippen molar-refractivity contribution in [3.05, 3.63) is 0 Å². The van der Waals surface area contributed by atoms with Gasteiger partial charge >= 0.3 is 5.97 Å². The van der Waals surface area contributed by atoms with E-state index in [-0.39, 0.29) is 11.8 Å². The summed E-state index contributed by atoms with van der Waals surface area (Å²) in [7, 11) is 1.30. The summed E-state index contributed by atoms with van der Waals surface area (Å²) in [6.45, 7) is 7.72. The van der Waals surface area contributed by atoms with Gasteiger partial charge in [-0.15, -0.1) is 11.8 Å². The van der Waals surface area contributed by atoms with E-state index in [2.05, 4.69) is 5.32 Å². The van der Waals surface area contributed by atoms with Gasteiger partial charge in [0, 0.05) is 5.75 Å². The van der Waals surface area contributed by atoms with E-state index in [9.17, 15) is 14.4 Å². The summed E-state index contributed by atoms with van der Waals surface area (Å²) in [6.07, 6.45) is 1.20. The maximum absolute atomic E-state index is 12.4. The molecular formula is C14H24N2O4S. The third-order valence-electron chi connectivity index (χ3n) is 3.48. The molecule has 6 nitrogen and oxygen atoms in total. The highest BCUT2D eigenvalue weighted by Gasteiger charge is 2.43. The second-order valence-electron chi connectivity index (χ2n) is 6.00. The van der Waals surface area contributed by atoms with E-state index in [0.717, 1.165) is 0 Å². The molecule has 0 saturated carbocycles. The van der Waals surface area contributed by atoms with E-state index < -0.39 is 22.9 Å². The number of hydrogen-bond acceptors (Lipinski definition) is 5. The molecule has 1 N–H and O–H groups in total. The minimum atomic E-state index is -0.676. The van der Waals surface area contributed by atoms with E-state index in [4.69, 9.17) is 4.74 Å². The number of esters is 1. The molecule has 0 aromatic carbocycles. The number of ether oxygens (including phenoxy) is 1. The van der Waals surface area contributed by atoms with E-state index in [1.165, 1.54) is 12.0 Å². The van der Waals surface area contributed by atoms with Crippen LogP contribution < -0.4 is 5.32 Å². The van der Waals surface area contributed by atoms with Crippen LogP contribution in [-0.2, 0) is 19.1 Å². The van der Waals surface area contributed by atoms with Gasteiger partial charge in [-0.25, -0.2) is 4.79 Å². The van der Waals surface area contributed by atoms with E-state index >= 15 is 0 Å². The smallest absolute Gasteiger partial charge is 0.328 e. The number of rotatable bonds is 6. The van der Waals surface area contributed by atoms with Gasteiger partial charge in [0.05, 0.1) is 12.0 Å². The fraction of sp³-hybridized carbons (Fsp3) is 0.786. The molecule has 1 aliphatic rings. The van der Waals surface area contributed by atoms with Crippen molar-refractivity contribution in [2.45, 2.75) is 51.1 Å². The van der Waals surface area contributed by atoms with Crippen LogP contribution >= 0.6 is 11.8 Å². The molecule has 1 fully saturated rings. The van der Waals surface area contributed by atoms with Gasteiger partial charge in [0.2, 0.25) is 12.3 Å². The lowest BCUT2D eigenvalue weighted by molar-refractivity contribution is -0.146. The standard InChI is InChI=1S/C14H24N2O4S/c1-9(2)6-10(13(19)20-5)15-12(18)11-7-21-14(3,4)16(11)8-17/h8-11H,6-7H2,1-5H3,(H,15,18)/t10-,11+/m1/s1. The van der Waals surface area contributed by atoms with Crippen LogP contribution in [0.4, 0.5) is 0 Å². The lowest BCUT2D eigenvalue weighted by Gasteiger charge is -2.31. The summed E-state index contributed by atoms with van der Waals surface area (Å²) in [5.41, 5.74) is 0. The number of amides is 2. The number of nitrogens with zero attached hydrogens (tertiary/aromatic N) is 1. The molecule has 0 aliphatic carbocycles. The van der Waals surface area contributed by atoms with Crippen LogP contribution in [0.5, 0.6) is 0 Å². The van der Waals surface area contributed by atoms with Gasteiger partial charge in [0.15, 0.2) is 0 Å². The van der Waals surface area contributed by atoms with Crippen LogP contribution in [0, 0.1) is 5.92 Å². The van der Waals surface area contributed by atoms with Gasteiger partial charge in [-0.1, -0.05) is 13.8 Å². The summed E-state index contributed by atoms with van der Waals surface area (Å²) in [6, 6.07) is -1.23. The Bertz CT molecular complexity index is 412. The zero-order valence-corrected chi connectivity index (χ0v) is 14.0. The average molecular weight is 316 g/mol. The Balaban J connectivity index is 2.78. The van der Waals surface area contributed by atoms with Crippen molar-refractivity contribution in [2.75, 3.05) is 12.9 Å².